The highest BCUT2D eigenvalue weighted by Gasteiger charge is 2.27. The highest BCUT2D eigenvalue weighted by Crippen LogP contribution is 2.26. The largest absolute Gasteiger partial charge is 0.469 e. The molecule has 9 heteroatoms. The lowest BCUT2D eigenvalue weighted by molar-refractivity contribution is -0.141. The van der Waals surface area contributed by atoms with Gasteiger partial charge in [0, 0.05) is 9.90 Å². The minimum absolute atomic E-state index is 0.0887. The van der Waals surface area contributed by atoms with Gasteiger partial charge in [0.1, 0.15) is 10.7 Å². The summed E-state index contributed by atoms with van der Waals surface area (Å²) in [6, 6.07) is 5.82. The van der Waals surface area contributed by atoms with Crippen molar-refractivity contribution in [3.8, 4) is 0 Å². The summed E-state index contributed by atoms with van der Waals surface area (Å²) in [4.78, 5) is 11.6. The van der Waals surface area contributed by atoms with Crippen LogP contribution < -0.4 is 4.72 Å². The maximum absolute atomic E-state index is 13.9. The van der Waals surface area contributed by atoms with Crippen molar-refractivity contribution in [2.24, 2.45) is 0 Å². The lowest BCUT2D eigenvalue weighted by atomic mass is 10.2. The number of ether oxygens (including phenoxy) is 1. The molecule has 0 aliphatic rings. The van der Waals surface area contributed by atoms with Crippen LogP contribution in [-0.4, -0.2) is 21.5 Å². The summed E-state index contributed by atoms with van der Waals surface area (Å²) < 4.78 is 45.6. The molecule has 0 saturated carbocycles. The topological polar surface area (TPSA) is 72.5 Å². The standard InChI is InChI=1S/C14H13ClFNO4S2/c1-21-14(18)8-11(12-3-2-6-22-12)17-23(19,20)13-5-4-9(15)7-10(13)16/h2-7,11,17H,8H2,1H3. The van der Waals surface area contributed by atoms with E-state index in [0.29, 0.717) is 4.88 Å². The van der Waals surface area contributed by atoms with Crippen LogP contribution in [0.5, 0.6) is 0 Å². The normalized spacial score (nSPS) is 12.8. The summed E-state index contributed by atoms with van der Waals surface area (Å²) in [5, 5.41) is 1.84. The van der Waals surface area contributed by atoms with Gasteiger partial charge in [-0.25, -0.2) is 17.5 Å². The fourth-order valence-corrected chi connectivity index (χ4v) is 4.17. The number of rotatable bonds is 6. The van der Waals surface area contributed by atoms with Gasteiger partial charge in [0.25, 0.3) is 0 Å². The van der Waals surface area contributed by atoms with Crippen molar-refractivity contribution in [3.63, 3.8) is 0 Å². The number of nitrogens with one attached hydrogen (secondary N) is 1. The molecule has 0 amide bonds. The molecule has 0 saturated heterocycles. The number of methoxy groups -OCH3 is 1. The lowest BCUT2D eigenvalue weighted by Gasteiger charge is -2.17. The summed E-state index contributed by atoms with van der Waals surface area (Å²) in [7, 11) is -2.96. The van der Waals surface area contributed by atoms with E-state index in [4.69, 9.17) is 11.6 Å². The van der Waals surface area contributed by atoms with E-state index in [1.807, 2.05) is 0 Å². The van der Waals surface area contributed by atoms with Crippen LogP contribution in [0.15, 0.2) is 40.6 Å². The Labute approximate surface area is 142 Å². The van der Waals surface area contributed by atoms with Crippen LogP contribution in [-0.2, 0) is 19.6 Å². The second-order valence-electron chi connectivity index (χ2n) is 4.54. The Morgan fingerprint density at radius 3 is 2.74 bits per heavy atom. The van der Waals surface area contributed by atoms with Crippen LogP contribution in [0.3, 0.4) is 0 Å². The molecule has 23 heavy (non-hydrogen) atoms. The van der Waals surface area contributed by atoms with Crippen LogP contribution in [0.4, 0.5) is 4.39 Å². The molecule has 0 aliphatic heterocycles. The number of halogens is 2. The predicted octanol–water partition coefficient (Wildman–Crippen LogP) is 3.12. The molecular formula is C14H13ClFNO4S2. The van der Waals surface area contributed by atoms with E-state index in [9.17, 15) is 17.6 Å². The second kappa shape index (κ2) is 7.39. The van der Waals surface area contributed by atoms with E-state index < -0.39 is 32.7 Å². The fraction of sp³-hybridized carbons (Fsp3) is 0.214. The Balaban J connectivity index is 2.32. The molecule has 0 spiro atoms. The monoisotopic (exact) mass is 377 g/mol. The average Bonchev–Trinajstić information content (AvgIpc) is 2.99. The smallest absolute Gasteiger partial charge is 0.307 e. The molecule has 1 unspecified atom stereocenters. The van der Waals surface area contributed by atoms with Gasteiger partial charge in [-0.3, -0.25) is 4.79 Å². The lowest BCUT2D eigenvalue weighted by Crippen LogP contribution is -2.30. The highest BCUT2D eigenvalue weighted by molar-refractivity contribution is 7.89. The quantitative estimate of drug-likeness (QED) is 0.785. The van der Waals surface area contributed by atoms with Gasteiger partial charge >= 0.3 is 5.97 Å². The molecule has 1 heterocycles. The first kappa shape index (κ1) is 17.9. The number of hydrogen-bond acceptors (Lipinski definition) is 5. The Morgan fingerprint density at radius 2 is 2.17 bits per heavy atom. The number of sulfonamides is 1. The van der Waals surface area contributed by atoms with Gasteiger partial charge in [0.15, 0.2) is 0 Å². The zero-order valence-electron chi connectivity index (χ0n) is 12.0. The van der Waals surface area contributed by atoms with Gasteiger partial charge in [-0.15, -0.1) is 11.3 Å². The first-order valence-corrected chi connectivity index (χ1v) is 9.15. The highest BCUT2D eigenvalue weighted by atomic mass is 35.5. The molecule has 1 atom stereocenters. The summed E-state index contributed by atoms with van der Waals surface area (Å²) >= 11 is 6.90. The van der Waals surface area contributed by atoms with E-state index in [-0.39, 0.29) is 11.4 Å². The van der Waals surface area contributed by atoms with E-state index in [1.165, 1.54) is 24.5 Å². The van der Waals surface area contributed by atoms with Crippen LogP contribution >= 0.6 is 22.9 Å². The zero-order chi connectivity index (χ0) is 17.0. The van der Waals surface area contributed by atoms with Crippen molar-refractivity contribution in [1.29, 1.82) is 0 Å². The van der Waals surface area contributed by atoms with Crippen molar-refractivity contribution in [2.45, 2.75) is 17.4 Å². The average molecular weight is 378 g/mol. The molecular weight excluding hydrogens is 365 g/mol. The number of benzene rings is 1. The number of hydrogen-bond donors (Lipinski definition) is 1. The van der Waals surface area contributed by atoms with Crippen LogP contribution in [0.25, 0.3) is 0 Å². The minimum Gasteiger partial charge on any atom is -0.469 e. The van der Waals surface area contributed by atoms with Crippen LogP contribution in [0.2, 0.25) is 5.02 Å². The maximum atomic E-state index is 13.9. The van der Waals surface area contributed by atoms with Crippen LogP contribution in [0, 0.1) is 5.82 Å². The Kier molecular flexibility index (Phi) is 5.74. The van der Waals surface area contributed by atoms with E-state index in [1.54, 1.807) is 17.5 Å². The molecule has 124 valence electrons. The molecule has 0 aliphatic carbocycles. The van der Waals surface area contributed by atoms with Crippen molar-refractivity contribution in [3.05, 3.63) is 51.4 Å². The summed E-state index contributed by atoms with van der Waals surface area (Å²) in [5.41, 5.74) is 0. The molecule has 1 N–H and O–H groups in total. The number of thiophene rings is 1. The number of carbonyl (C=O) groups is 1. The third-order valence-corrected chi connectivity index (χ3v) is 5.69. The molecule has 0 radical (unpaired) electrons. The van der Waals surface area contributed by atoms with Gasteiger partial charge in [-0.05, 0) is 29.6 Å². The zero-order valence-corrected chi connectivity index (χ0v) is 14.3. The van der Waals surface area contributed by atoms with E-state index >= 15 is 0 Å². The molecule has 0 fully saturated rings. The van der Waals surface area contributed by atoms with Gasteiger partial charge in [0.05, 0.1) is 19.6 Å². The first-order valence-electron chi connectivity index (χ1n) is 6.41. The van der Waals surface area contributed by atoms with Crippen molar-refractivity contribution >= 4 is 38.9 Å². The van der Waals surface area contributed by atoms with Gasteiger partial charge in [0.2, 0.25) is 10.0 Å². The molecule has 1 aromatic heterocycles. The summed E-state index contributed by atoms with van der Waals surface area (Å²) in [6.45, 7) is 0. The molecule has 0 bridgehead atoms. The SMILES string of the molecule is COC(=O)CC(NS(=O)(=O)c1ccc(Cl)cc1F)c1cccs1. The van der Waals surface area contributed by atoms with Gasteiger partial charge in [-0.1, -0.05) is 17.7 Å². The first-order chi connectivity index (χ1) is 10.8. The maximum Gasteiger partial charge on any atom is 0.307 e. The molecule has 2 aromatic rings. The van der Waals surface area contributed by atoms with Crippen molar-refractivity contribution < 1.29 is 22.3 Å². The van der Waals surface area contributed by atoms with E-state index in [2.05, 4.69) is 9.46 Å². The predicted molar refractivity (Wildman–Crippen MR) is 85.4 cm³/mol. The minimum atomic E-state index is -4.17. The third kappa shape index (κ3) is 4.51. The molecule has 1 aromatic carbocycles. The molecule has 2 rings (SSSR count). The fourth-order valence-electron chi connectivity index (χ4n) is 1.88. The molecule has 5 nitrogen and oxygen atoms in total. The Hall–Kier alpha value is -1.48. The summed E-state index contributed by atoms with van der Waals surface area (Å²) in [6.07, 6.45) is -0.203. The number of carbonyl (C=O) groups excluding carboxylic acids is 1. The Morgan fingerprint density at radius 1 is 1.43 bits per heavy atom. The van der Waals surface area contributed by atoms with E-state index in [0.717, 1.165) is 12.1 Å². The van der Waals surface area contributed by atoms with Gasteiger partial charge < -0.3 is 4.74 Å². The van der Waals surface area contributed by atoms with Crippen molar-refractivity contribution in [1.82, 2.24) is 4.72 Å². The van der Waals surface area contributed by atoms with Crippen LogP contribution in [0.1, 0.15) is 17.3 Å². The van der Waals surface area contributed by atoms with Crippen molar-refractivity contribution in [2.75, 3.05) is 7.11 Å². The Bertz CT molecular complexity index is 793. The van der Waals surface area contributed by atoms with Gasteiger partial charge in [-0.2, -0.15) is 0 Å². The third-order valence-electron chi connectivity index (χ3n) is 2.97. The summed E-state index contributed by atoms with van der Waals surface area (Å²) in [5.74, 6) is -1.55. The number of esters is 1. The second-order valence-corrected chi connectivity index (χ2v) is 7.64.